The van der Waals surface area contributed by atoms with E-state index in [0.29, 0.717) is 18.3 Å². The minimum atomic E-state index is 0.356. The molecule has 0 unspecified atom stereocenters. The molecular weight excluding hydrogens is 224 g/mol. The van der Waals surface area contributed by atoms with Gasteiger partial charge in [-0.15, -0.1) is 11.6 Å². The maximum Gasteiger partial charge on any atom is 0.166 e. The molecule has 0 aliphatic rings. The zero-order chi connectivity index (χ0) is 11.2. The molecule has 0 spiro atoms. The summed E-state index contributed by atoms with van der Waals surface area (Å²) in [7, 11) is 0. The van der Waals surface area contributed by atoms with Crippen molar-refractivity contribution < 1.29 is 4.74 Å². The van der Waals surface area contributed by atoms with Gasteiger partial charge in [0.1, 0.15) is 12.4 Å². The Bertz CT molecular complexity index is 448. The van der Waals surface area contributed by atoms with Crippen molar-refractivity contribution in [3.05, 3.63) is 54.1 Å². The van der Waals surface area contributed by atoms with Gasteiger partial charge < -0.3 is 4.74 Å². The summed E-state index contributed by atoms with van der Waals surface area (Å²) >= 11 is 5.80. The highest BCUT2D eigenvalue weighted by Crippen LogP contribution is 2.20. The van der Waals surface area contributed by atoms with Gasteiger partial charge in [0.05, 0.1) is 5.88 Å². The third-order valence-electron chi connectivity index (χ3n) is 2.09. The van der Waals surface area contributed by atoms with Crippen LogP contribution >= 0.6 is 11.6 Å². The van der Waals surface area contributed by atoms with Crippen LogP contribution in [0.5, 0.6) is 5.75 Å². The molecule has 1 aromatic carbocycles. The van der Waals surface area contributed by atoms with Crippen molar-refractivity contribution in [1.29, 1.82) is 0 Å². The molecule has 0 amide bonds. The Morgan fingerprint density at radius 1 is 1.06 bits per heavy atom. The lowest BCUT2D eigenvalue weighted by Gasteiger charge is -2.08. The second kappa shape index (κ2) is 5.47. The number of halogens is 1. The van der Waals surface area contributed by atoms with Crippen molar-refractivity contribution in [2.45, 2.75) is 12.5 Å². The highest BCUT2D eigenvalue weighted by atomic mass is 35.5. The van der Waals surface area contributed by atoms with E-state index in [1.807, 2.05) is 24.3 Å². The molecule has 4 heteroatoms. The summed E-state index contributed by atoms with van der Waals surface area (Å²) in [6, 6.07) is 9.45. The van der Waals surface area contributed by atoms with Crippen LogP contribution in [0.2, 0.25) is 0 Å². The largest absolute Gasteiger partial charge is 0.485 e. The summed E-state index contributed by atoms with van der Waals surface area (Å²) in [5.74, 6) is 1.88. The minimum Gasteiger partial charge on any atom is -0.485 e. The average Bonchev–Trinajstić information content (AvgIpc) is 2.38. The van der Waals surface area contributed by atoms with Crippen molar-refractivity contribution >= 4 is 11.6 Å². The molecule has 0 N–H and O–H groups in total. The Hall–Kier alpha value is -1.61. The zero-order valence-electron chi connectivity index (χ0n) is 8.64. The van der Waals surface area contributed by atoms with E-state index in [2.05, 4.69) is 9.97 Å². The van der Waals surface area contributed by atoms with Gasteiger partial charge in [0.25, 0.3) is 0 Å². The number of alkyl halides is 1. The van der Waals surface area contributed by atoms with Crippen molar-refractivity contribution in [2.75, 3.05) is 0 Å². The van der Waals surface area contributed by atoms with E-state index in [-0.39, 0.29) is 0 Å². The normalized spacial score (nSPS) is 10.1. The van der Waals surface area contributed by atoms with Gasteiger partial charge in [-0.3, -0.25) is 0 Å². The molecule has 0 aliphatic heterocycles. The van der Waals surface area contributed by atoms with Gasteiger partial charge in [0, 0.05) is 18.0 Å². The Balaban J connectivity index is 2.05. The number of ether oxygens (including phenoxy) is 1. The molecule has 0 fully saturated rings. The number of hydrogen-bond donors (Lipinski definition) is 0. The van der Waals surface area contributed by atoms with Gasteiger partial charge in [0.15, 0.2) is 5.82 Å². The molecule has 2 rings (SSSR count). The standard InChI is InChI=1S/C12H11ClN2O/c13-8-10-4-1-2-5-11(10)16-9-12-14-6-3-7-15-12/h1-7H,8-9H2. The highest BCUT2D eigenvalue weighted by molar-refractivity contribution is 6.17. The lowest BCUT2D eigenvalue weighted by Crippen LogP contribution is -2.01. The van der Waals surface area contributed by atoms with Crippen LogP contribution in [-0.2, 0) is 12.5 Å². The summed E-state index contributed by atoms with van der Waals surface area (Å²) in [5.41, 5.74) is 0.972. The van der Waals surface area contributed by atoms with E-state index >= 15 is 0 Å². The van der Waals surface area contributed by atoms with Gasteiger partial charge >= 0.3 is 0 Å². The zero-order valence-corrected chi connectivity index (χ0v) is 9.39. The van der Waals surface area contributed by atoms with Crippen molar-refractivity contribution in [2.24, 2.45) is 0 Å². The predicted octanol–water partition coefficient (Wildman–Crippen LogP) is 2.79. The number of hydrogen-bond acceptors (Lipinski definition) is 3. The number of nitrogens with zero attached hydrogens (tertiary/aromatic N) is 2. The maximum absolute atomic E-state index is 5.80. The summed E-state index contributed by atoms with van der Waals surface area (Å²) in [5, 5.41) is 0. The Labute approximate surface area is 99.1 Å². The fourth-order valence-corrected chi connectivity index (χ4v) is 1.52. The third kappa shape index (κ3) is 2.70. The topological polar surface area (TPSA) is 35.0 Å². The monoisotopic (exact) mass is 234 g/mol. The molecule has 0 bridgehead atoms. The van der Waals surface area contributed by atoms with Gasteiger partial charge in [-0.2, -0.15) is 0 Å². The molecule has 0 aliphatic carbocycles. The Morgan fingerprint density at radius 3 is 2.56 bits per heavy atom. The molecule has 3 nitrogen and oxygen atoms in total. The second-order valence-corrected chi connectivity index (χ2v) is 3.46. The molecular formula is C12H11ClN2O. The van der Waals surface area contributed by atoms with Gasteiger partial charge in [-0.1, -0.05) is 18.2 Å². The first-order valence-corrected chi connectivity index (χ1v) is 5.46. The quantitative estimate of drug-likeness (QED) is 0.763. The van der Waals surface area contributed by atoms with Crippen LogP contribution in [0.25, 0.3) is 0 Å². The van der Waals surface area contributed by atoms with Crippen LogP contribution in [0.4, 0.5) is 0 Å². The van der Waals surface area contributed by atoms with Crippen LogP contribution in [0.3, 0.4) is 0 Å². The average molecular weight is 235 g/mol. The number of benzene rings is 1. The highest BCUT2D eigenvalue weighted by Gasteiger charge is 2.02. The van der Waals surface area contributed by atoms with E-state index < -0.39 is 0 Å². The van der Waals surface area contributed by atoms with Crippen molar-refractivity contribution in [3.63, 3.8) is 0 Å². The number of para-hydroxylation sites is 1. The maximum atomic E-state index is 5.80. The lowest BCUT2D eigenvalue weighted by molar-refractivity contribution is 0.293. The SMILES string of the molecule is ClCc1ccccc1OCc1ncccn1. The van der Waals surface area contributed by atoms with E-state index in [0.717, 1.165) is 11.3 Å². The van der Waals surface area contributed by atoms with Crippen LogP contribution in [0, 0.1) is 0 Å². The summed E-state index contributed by atoms with van der Waals surface area (Å²) in [6.07, 6.45) is 3.39. The summed E-state index contributed by atoms with van der Waals surface area (Å²) < 4.78 is 5.60. The second-order valence-electron chi connectivity index (χ2n) is 3.20. The van der Waals surface area contributed by atoms with Crippen LogP contribution in [0.1, 0.15) is 11.4 Å². The lowest BCUT2D eigenvalue weighted by atomic mass is 10.2. The van der Waals surface area contributed by atoms with Crippen LogP contribution < -0.4 is 4.74 Å². The fraction of sp³-hybridized carbons (Fsp3) is 0.167. The molecule has 1 aromatic heterocycles. The Kier molecular flexibility index (Phi) is 3.72. The van der Waals surface area contributed by atoms with Crippen LogP contribution in [0.15, 0.2) is 42.7 Å². The molecule has 0 atom stereocenters. The minimum absolute atomic E-state index is 0.356. The van der Waals surface area contributed by atoms with Gasteiger partial charge in [-0.05, 0) is 12.1 Å². The molecule has 0 saturated carbocycles. The number of rotatable bonds is 4. The first-order valence-electron chi connectivity index (χ1n) is 4.92. The molecule has 82 valence electrons. The summed E-state index contributed by atoms with van der Waals surface area (Å²) in [6.45, 7) is 0.356. The molecule has 2 aromatic rings. The number of aromatic nitrogens is 2. The van der Waals surface area contributed by atoms with E-state index in [4.69, 9.17) is 16.3 Å². The smallest absolute Gasteiger partial charge is 0.166 e. The molecule has 0 saturated heterocycles. The van der Waals surface area contributed by atoms with E-state index in [1.54, 1.807) is 18.5 Å². The van der Waals surface area contributed by atoms with E-state index in [9.17, 15) is 0 Å². The first kappa shape index (κ1) is 10.9. The van der Waals surface area contributed by atoms with Crippen molar-refractivity contribution in [1.82, 2.24) is 9.97 Å². The van der Waals surface area contributed by atoms with E-state index in [1.165, 1.54) is 0 Å². The fourth-order valence-electron chi connectivity index (χ4n) is 1.30. The first-order chi connectivity index (χ1) is 7.90. The molecule has 16 heavy (non-hydrogen) atoms. The third-order valence-corrected chi connectivity index (χ3v) is 2.38. The molecule has 0 radical (unpaired) electrons. The van der Waals surface area contributed by atoms with Crippen molar-refractivity contribution in [3.8, 4) is 5.75 Å². The molecule has 1 heterocycles. The van der Waals surface area contributed by atoms with Gasteiger partial charge in [0.2, 0.25) is 0 Å². The summed E-state index contributed by atoms with van der Waals surface area (Å²) in [4.78, 5) is 8.16. The predicted molar refractivity (Wildman–Crippen MR) is 62.4 cm³/mol. The van der Waals surface area contributed by atoms with Crippen LogP contribution in [-0.4, -0.2) is 9.97 Å². The van der Waals surface area contributed by atoms with Gasteiger partial charge in [-0.25, -0.2) is 9.97 Å². The Morgan fingerprint density at radius 2 is 1.81 bits per heavy atom.